The Morgan fingerprint density at radius 3 is 2.60 bits per heavy atom. The summed E-state index contributed by atoms with van der Waals surface area (Å²) in [5.74, 6) is 0.171. The van der Waals surface area contributed by atoms with E-state index in [2.05, 4.69) is 34.5 Å². The predicted octanol–water partition coefficient (Wildman–Crippen LogP) is 4.82. The molecule has 0 bridgehead atoms. The number of likely N-dealkylation sites (tertiary alicyclic amines) is 1. The second-order valence-electron chi connectivity index (χ2n) is 7.89. The summed E-state index contributed by atoms with van der Waals surface area (Å²) in [4.78, 5) is 18.4. The lowest BCUT2D eigenvalue weighted by molar-refractivity contribution is 0.0712. The van der Waals surface area contributed by atoms with Crippen molar-refractivity contribution >= 4 is 16.8 Å². The number of nitrogens with one attached hydrogen (secondary N) is 1. The maximum absolute atomic E-state index is 13.2. The number of halogens is 1. The van der Waals surface area contributed by atoms with Crippen molar-refractivity contribution in [2.75, 3.05) is 13.1 Å². The maximum Gasteiger partial charge on any atom is 0.257 e. The number of H-pyrrole nitrogens is 1. The van der Waals surface area contributed by atoms with Crippen LogP contribution < -0.4 is 0 Å². The minimum atomic E-state index is -0.294. The molecule has 0 spiro atoms. The number of benzene rings is 2. The second-order valence-corrected chi connectivity index (χ2v) is 7.89. The number of carbonyl (C=O) groups excluding carboxylic acids is 1. The fourth-order valence-corrected chi connectivity index (χ4v) is 4.46. The molecule has 2 aromatic carbocycles. The van der Waals surface area contributed by atoms with Gasteiger partial charge in [0.2, 0.25) is 0 Å². The van der Waals surface area contributed by atoms with E-state index in [0.29, 0.717) is 11.5 Å². The SMILES string of the molecule is Cc1c(C(=O)N2CCC(c3c[nH]c4ccccc34)CC2)cnn1-c1ccc(F)cc1. The van der Waals surface area contributed by atoms with Crippen LogP contribution in [0.3, 0.4) is 0 Å². The highest BCUT2D eigenvalue weighted by Crippen LogP contribution is 2.33. The zero-order valence-electron chi connectivity index (χ0n) is 16.8. The molecule has 1 fully saturated rings. The van der Waals surface area contributed by atoms with Gasteiger partial charge in [-0.05, 0) is 61.6 Å². The topological polar surface area (TPSA) is 53.9 Å². The molecule has 30 heavy (non-hydrogen) atoms. The van der Waals surface area contributed by atoms with Gasteiger partial charge in [0.05, 0.1) is 23.1 Å². The van der Waals surface area contributed by atoms with Crippen LogP contribution >= 0.6 is 0 Å². The van der Waals surface area contributed by atoms with E-state index >= 15 is 0 Å². The number of fused-ring (bicyclic) bond motifs is 1. The zero-order valence-corrected chi connectivity index (χ0v) is 16.8. The molecule has 4 aromatic rings. The van der Waals surface area contributed by atoms with Crippen molar-refractivity contribution in [2.45, 2.75) is 25.7 Å². The minimum Gasteiger partial charge on any atom is -0.361 e. The molecule has 0 radical (unpaired) electrons. The summed E-state index contributed by atoms with van der Waals surface area (Å²) >= 11 is 0. The average molecular weight is 402 g/mol. The van der Waals surface area contributed by atoms with Gasteiger partial charge in [0.1, 0.15) is 5.82 Å². The van der Waals surface area contributed by atoms with Crippen molar-refractivity contribution in [1.29, 1.82) is 0 Å². The van der Waals surface area contributed by atoms with Gasteiger partial charge in [0.15, 0.2) is 0 Å². The Hall–Kier alpha value is -3.41. The van der Waals surface area contributed by atoms with Gasteiger partial charge in [0, 0.05) is 30.2 Å². The number of amides is 1. The molecule has 2 aromatic heterocycles. The summed E-state index contributed by atoms with van der Waals surface area (Å²) < 4.78 is 14.9. The van der Waals surface area contributed by atoms with Crippen molar-refractivity contribution in [1.82, 2.24) is 19.7 Å². The third kappa shape index (κ3) is 3.18. The van der Waals surface area contributed by atoms with Crippen LogP contribution in [-0.2, 0) is 0 Å². The van der Waals surface area contributed by atoms with Crippen molar-refractivity contribution in [3.05, 3.63) is 83.6 Å². The molecular weight excluding hydrogens is 379 g/mol. The largest absolute Gasteiger partial charge is 0.361 e. The molecule has 3 heterocycles. The van der Waals surface area contributed by atoms with Crippen LogP contribution in [0.4, 0.5) is 4.39 Å². The third-order valence-corrected chi connectivity index (χ3v) is 6.15. The highest BCUT2D eigenvalue weighted by Gasteiger charge is 2.28. The number of aromatic amines is 1. The maximum atomic E-state index is 13.2. The van der Waals surface area contributed by atoms with Gasteiger partial charge in [0.25, 0.3) is 5.91 Å². The van der Waals surface area contributed by atoms with Crippen molar-refractivity contribution in [3.8, 4) is 5.69 Å². The van der Waals surface area contributed by atoms with Gasteiger partial charge in [-0.2, -0.15) is 5.10 Å². The standard InChI is InChI=1S/C24H23FN4O/c1-16-21(15-27-29(16)19-8-6-18(25)7-9-19)24(30)28-12-10-17(11-13-28)22-14-26-23-5-3-2-4-20(22)23/h2-9,14-15,17,26H,10-13H2,1H3. The first kappa shape index (κ1) is 18.6. The molecule has 152 valence electrons. The summed E-state index contributed by atoms with van der Waals surface area (Å²) in [6, 6.07) is 14.5. The Morgan fingerprint density at radius 1 is 1.10 bits per heavy atom. The normalized spacial score (nSPS) is 15.1. The summed E-state index contributed by atoms with van der Waals surface area (Å²) in [7, 11) is 0. The Kier molecular flexibility index (Phi) is 4.62. The van der Waals surface area contributed by atoms with Crippen LogP contribution in [0.1, 0.15) is 40.4 Å². The molecular formula is C24H23FN4O. The first-order valence-corrected chi connectivity index (χ1v) is 10.3. The lowest BCUT2D eigenvalue weighted by atomic mass is 9.89. The Morgan fingerprint density at radius 2 is 1.83 bits per heavy atom. The highest BCUT2D eigenvalue weighted by atomic mass is 19.1. The van der Waals surface area contributed by atoms with E-state index in [1.54, 1.807) is 23.0 Å². The van der Waals surface area contributed by atoms with Gasteiger partial charge in [-0.15, -0.1) is 0 Å². The Bertz CT molecular complexity index is 1200. The van der Waals surface area contributed by atoms with Crippen molar-refractivity contribution in [2.24, 2.45) is 0 Å². The van der Waals surface area contributed by atoms with E-state index in [4.69, 9.17) is 0 Å². The molecule has 0 atom stereocenters. The number of hydrogen-bond acceptors (Lipinski definition) is 2. The van der Waals surface area contributed by atoms with E-state index in [9.17, 15) is 9.18 Å². The first-order valence-electron chi connectivity index (χ1n) is 10.3. The molecule has 5 nitrogen and oxygen atoms in total. The predicted molar refractivity (Wildman–Crippen MR) is 114 cm³/mol. The first-order chi connectivity index (χ1) is 14.6. The second kappa shape index (κ2) is 7.44. The number of para-hydroxylation sites is 1. The molecule has 6 heteroatoms. The van der Waals surface area contributed by atoms with Gasteiger partial charge in [-0.3, -0.25) is 4.79 Å². The van der Waals surface area contributed by atoms with E-state index < -0.39 is 0 Å². The fraction of sp³-hybridized carbons (Fsp3) is 0.250. The van der Waals surface area contributed by atoms with Crippen LogP contribution in [0.5, 0.6) is 0 Å². The van der Waals surface area contributed by atoms with E-state index in [1.807, 2.05) is 17.9 Å². The average Bonchev–Trinajstić information content (AvgIpc) is 3.38. The molecule has 1 N–H and O–H groups in total. The van der Waals surface area contributed by atoms with Gasteiger partial charge < -0.3 is 9.88 Å². The number of rotatable bonds is 3. The zero-order chi connectivity index (χ0) is 20.7. The molecule has 0 saturated carbocycles. The molecule has 1 aliphatic heterocycles. The monoisotopic (exact) mass is 402 g/mol. The Labute approximate surface area is 174 Å². The van der Waals surface area contributed by atoms with Gasteiger partial charge >= 0.3 is 0 Å². The minimum absolute atomic E-state index is 0.0123. The number of hydrogen-bond donors (Lipinski definition) is 1. The lowest BCUT2D eigenvalue weighted by Crippen LogP contribution is -2.38. The smallest absolute Gasteiger partial charge is 0.257 e. The van der Waals surface area contributed by atoms with Gasteiger partial charge in [-0.1, -0.05) is 18.2 Å². The summed E-state index contributed by atoms with van der Waals surface area (Å²) in [6.07, 6.45) is 5.62. The molecule has 1 amide bonds. The van der Waals surface area contributed by atoms with Crippen LogP contribution in [0.15, 0.2) is 60.9 Å². The van der Waals surface area contributed by atoms with E-state index in [-0.39, 0.29) is 11.7 Å². The van der Waals surface area contributed by atoms with Crippen LogP contribution in [0.25, 0.3) is 16.6 Å². The highest BCUT2D eigenvalue weighted by molar-refractivity contribution is 5.95. The number of carbonyl (C=O) groups is 1. The molecule has 0 aliphatic carbocycles. The number of nitrogens with zero attached hydrogens (tertiary/aromatic N) is 3. The summed E-state index contributed by atoms with van der Waals surface area (Å²) in [5.41, 5.74) is 4.62. The van der Waals surface area contributed by atoms with Crippen LogP contribution in [0, 0.1) is 12.7 Å². The third-order valence-electron chi connectivity index (χ3n) is 6.15. The van der Waals surface area contributed by atoms with Crippen LogP contribution in [0.2, 0.25) is 0 Å². The van der Waals surface area contributed by atoms with Crippen LogP contribution in [-0.4, -0.2) is 38.7 Å². The van der Waals surface area contributed by atoms with Gasteiger partial charge in [-0.25, -0.2) is 9.07 Å². The Balaban J connectivity index is 1.31. The lowest BCUT2D eigenvalue weighted by Gasteiger charge is -2.32. The summed E-state index contributed by atoms with van der Waals surface area (Å²) in [6.45, 7) is 3.33. The molecule has 0 unspecified atom stereocenters. The van der Waals surface area contributed by atoms with E-state index in [0.717, 1.165) is 42.8 Å². The summed E-state index contributed by atoms with van der Waals surface area (Å²) in [5, 5.41) is 5.64. The molecule has 5 rings (SSSR count). The quantitative estimate of drug-likeness (QED) is 0.534. The fourth-order valence-electron chi connectivity index (χ4n) is 4.46. The number of aromatic nitrogens is 3. The molecule has 1 aliphatic rings. The van der Waals surface area contributed by atoms with Crippen molar-refractivity contribution in [3.63, 3.8) is 0 Å². The van der Waals surface area contributed by atoms with Crippen molar-refractivity contribution < 1.29 is 9.18 Å². The van der Waals surface area contributed by atoms with E-state index in [1.165, 1.54) is 23.1 Å². The molecule has 1 saturated heterocycles. The number of piperidine rings is 1.